The van der Waals surface area contributed by atoms with Crippen molar-refractivity contribution in [3.05, 3.63) is 72.3 Å². The van der Waals surface area contributed by atoms with Crippen molar-refractivity contribution < 1.29 is 14.7 Å². The number of rotatable bonds is 5. The predicted molar refractivity (Wildman–Crippen MR) is 85.2 cm³/mol. The predicted octanol–water partition coefficient (Wildman–Crippen LogP) is 2.31. The summed E-state index contributed by atoms with van der Waals surface area (Å²) in [4.78, 5) is 23.3. The van der Waals surface area contributed by atoms with Crippen molar-refractivity contribution in [1.29, 1.82) is 0 Å². The topological polar surface area (TPSA) is 78.4 Å². The number of para-hydroxylation sites is 1. The zero-order valence-corrected chi connectivity index (χ0v) is 11.8. The Morgan fingerprint density at radius 3 is 1.82 bits per heavy atom. The van der Waals surface area contributed by atoms with Crippen LogP contribution in [0.2, 0.25) is 0 Å². The molecule has 0 unspecified atom stereocenters. The first kappa shape index (κ1) is 15.5. The van der Waals surface area contributed by atoms with E-state index in [1.54, 1.807) is 36.4 Å². The van der Waals surface area contributed by atoms with Gasteiger partial charge in [-0.2, -0.15) is 0 Å². The molecule has 0 saturated heterocycles. The number of aliphatic hydroxyl groups is 1. The summed E-state index contributed by atoms with van der Waals surface area (Å²) in [5.74, 6) is -0.781. The van der Waals surface area contributed by atoms with Crippen LogP contribution in [0.3, 0.4) is 0 Å². The van der Waals surface area contributed by atoms with Crippen LogP contribution in [0.4, 0.5) is 11.4 Å². The van der Waals surface area contributed by atoms with E-state index in [2.05, 4.69) is 10.6 Å². The van der Waals surface area contributed by atoms with Gasteiger partial charge in [-0.25, -0.2) is 0 Å². The van der Waals surface area contributed by atoms with Crippen LogP contribution in [0.1, 0.15) is 5.56 Å². The SMILES string of the molecule is O=C(/C=C\C(=O)Nc1ccc(CO)cc1)Nc1ccccc1. The zero-order chi connectivity index (χ0) is 15.8. The van der Waals surface area contributed by atoms with Crippen molar-refractivity contribution in [2.75, 3.05) is 10.6 Å². The normalized spacial score (nSPS) is 10.4. The highest BCUT2D eigenvalue weighted by atomic mass is 16.3. The summed E-state index contributed by atoms with van der Waals surface area (Å²) in [6, 6.07) is 15.8. The maximum Gasteiger partial charge on any atom is 0.248 e. The minimum Gasteiger partial charge on any atom is -0.392 e. The molecular weight excluding hydrogens is 280 g/mol. The number of carbonyl (C=O) groups excluding carboxylic acids is 2. The first-order chi connectivity index (χ1) is 10.7. The molecule has 5 heteroatoms. The van der Waals surface area contributed by atoms with Crippen LogP contribution in [-0.4, -0.2) is 16.9 Å². The maximum atomic E-state index is 11.7. The monoisotopic (exact) mass is 296 g/mol. The molecular formula is C17H16N2O3. The fourth-order valence-electron chi connectivity index (χ4n) is 1.73. The number of amides is 2. The molecule has 0 fully saturated rings. The number of hydrogen-bond donors (Lipinski definition) is 3. The smallest absolute Gasteiger partial charge is 0.248 e. The molecule has 2 aromatic rings. The van der Waals surface area contributed by atoms with Crippen molar-refractivity contribution in [1.82, 2.24) is 0 Å². The highest BCUT2D eigenvalue weighted by molar-refractivity contribution is 6.06. The van der Waals surface area contributed by atoms with Crippen molar-refractivity contribution >= 4 is 23.2 Å². The molecule has 0 saturated carbocycles. The Labute approximate surface area is 128 Å². The standard InChI is InChI=1S/C17H16N2O3/c20-12-13-6-8-15(9-7-13)19-17(22)11-10-16(21)18-14-4-2-1-3-5-14/h1-11,20H,12H2,(H,18,21)(H,19,22)/b11-10-. The van der Waals surface area contributed by atoms with E-state index in [0.29, 0.717) is 11.4 Å². The minimum absolute atomic E-state index is 0.0478. The molecule has 0 bridgehead atoms. The van der Waals surface area contributed by atoms with Gasteiger partial charge in [-0.1, -0.05) is 30.3 Å². The second-order valence-corrected chi connectivity index (χ2v) is 4.53. The molecule has 0 heterocycles. The Morgan fingerprint density at radius 1 is 0.818 bits per heavy atom. The molecule has 0 aliphatic carbocycles. The van der Waals surface area contributed by atoms with Crippen LogP contribution in [0.25, 0.3) is 0 Å². The lowest BCUT2D eigenvalue weighted by molar-refractivity contribution is -0.114. The average Bonchev–Trinajstić information content (AvgIpc) is 2.55. The van der Waals surface area contributed by atoms with E-state index in [-0.39, 0.29) is 12.5 Å². The third-order valence-corrected chi connectivity index (χ3v) is 2.83. The fourth-order valence-corrected chi connectivity index (χ4v) is 1.73. The quantitative estimate of drug-likeness (QED) is 0.741. The number of anilines is 2. The number of benzene rings is 2. The van der Waals surface area contributed by atoms with E-state index >= 15 is 0 Å². The Hall–Kier alpha value is -2.92. The van der Waals surface area contributed by atoms with Crippen molar-refractivity contribution in [2.24, 2.45) is 0 Å². The molecule has 0 aliphatic heterocycles. The van der Waals surface area contributed by atoms with Crippen LogP contribution in [-0.2, 0) is 16.2 Å². The van der Waals surface area contributed by atoms with Crippen LogP contribution in [0.5, 0.6) is 0 Å². The minimum atomic E-state index is -0.403. The Balaban J connectivity index is 1.86. The van der Waals surface area contributed by atoms with Gasteiger partial charge in [0.2, 0.25) is 11.8 Å². The van der Waals surface area contributed by atoms with E-state index in [1.165, 1.54) is 6.08 Å². The van der Waals surface area contributed by atoms with Crippen molar-refractivity contribution in [3.63, 3.8) is 0 Å². The van der Waals surface area contributed by atoms with Gasteiger partial charge in [0.1, 0.15) is 0 Å². The van der Waals surface area contributed by atoms with Gasteiger partial charge >= 0.3 is 0 Å². The molecule has 0 aliphatic rings. The molecule has 0 atom stereocenters. The molecule has 3 N–H and O–H groups in total. The lowest BCUT2D eigenvalue weighted by Crippen LogP contribution is -2.12. The fraction of sp³-hybridized carbons (Fsp3) is 0.0588. The van der Waals surface area contributed by atoms with Gasteiger partial charge in [0.25, 0.3) is 0 Å². The third kappa shape index (κ3) is 4.88. The highest BCUT2D eigenvalue weighted by Gasteiger charge is 2.01. The molecule has 0 radical (unpaired) electrons. The number of aliphatic hydroxyl groups excluding tert-OH is 1. The first-order valence-electron chi connectivity index (χ1n) is 6.72. The highest BCUT2D eigenvalue weighted by Crippen LogP contribution is 2.09. The number of hydrogen-bond acceptors (Lipinski definition) is 3. The zero-order valence-electron chi connectivity index (χ0n) is 11.8. The third-order valence-electron chi connectivity index (χ3n) is 2.83. The van der Waals surface area contributed by atoms with Gasteiger partial charge in [-0.05, 0) is 29.8 Å². The van der Waals surface area contributed by atoms with E-state index in [0.717, 1.165) is 11.6 Å². The largest absolute Gasteiger partial charge is 0.392 e. The summed E-state index contributed by atoms with van der Waals surface area (Å²) in [5, 5.41) is 14.2. The Bertz CT molecular complexity index is 664. The van der Waals surface area contributed by atoms with Gasteiger partial charge in [-0.3, -0.25) is 9.59 Å². The van der Waals surface area contributed by atoms with Crippen LogP contribution < -0.4 is 10.6 Å². The van der Waals surface area contributed by atoms with E-state index in [9.17, 15) is 9.59 Å². The summed E-state index contributed by atoms with van der Waals surface area (Å²) in [7, 11) is 0. The van der Waals surface area contributed by atoms with Gasteiger partial charge in [-0.15, -0.1) is 0 Å². The molecule has 5 nitrogen and oxygen atoms in total. The Morgan fingerprint density at radius 2 is 1.32 bits per heavy atom. The molecule has 2 amide bonds. The number of nitrogens with one attached hydrogen (secondary N) is 2. The molecule has 2 rings (SSSR count). The molecule has 22 heavy (non-hydrogen) atoms. The Kier molecular flexibility index (Phi) is 5.45. The van der Waals surface area contributed by atoms with Crippen molar-refractivity contribution in [2.45, 2.75) is 6.61 Å². The van der Waals surface area contributed by atoms with Gasteiger partial charge in [0.15, 0.2) is 0 Å². The summed E-state index contributed by atoms with van der Waals surface area (Å²) in [6.07, 6.45) is 2.34. The van der Waals surface area contributed by atoms with Crippen molar-refractivity contribution in [3.8, 4) is 0 Å². The van der Waals surface area contributed by atoms with E-state index in [4.69, 9.17) is 5.11 Å². The summed E-state index contributed by atoms with van der Waals surface area (Å²) in [5.41, 5.74) is 2.02. The van der Waals surface area contributed by atoms with Crippen LogP contribution in [0, 0.1) is 0 Å². The average molecular weight is 296 g/mol. The maximum absolute atomic E-state index is 11.7. The first-order valence-corrected chi connectivity index (χ1v) is 6.72. The summed E-state index contributed by atoms with van der Waals surface area (Å²) in [6.45, 7) is -0.0478. The van der Waals surface area contributed by atoms with E-state index in [1.807, 2.05) is 18.2 Å². The lowest BCUT2D eigenvalue weighted by atomic mass is 10.2. The second-order valence-electron chi connectivity index (χ2n) is 4.53. The van der Waals surface area contributed by atoms with Crippen LogP contribution in [0.15, 0.2) is 66.7 Å². The summed E-state index contributed by atoms with van der Waals surface area (Å²) >= 11 is 0. The lowest BCUT2D eigenvalue weighted by Gasteiger charge is -2.03. The molecule has 2 aromatic carbocycles. The van der Waals surface area contributed by atoms with E-state index < -0.39 is 5.91 Å². The molecule has 0 spiro atoms. The summed E-state index contributed by atoms with van der Waals surface area (Å²) < 4.78 is 0. The molecule has 112 valence electrons. The van der Waals surface area contributed by atoms with Crippen LogP contribution >= 0.6 is 0 Å². The van der Waals surface area contributed by atoms with Gasteiger partial charge in [0, 0.05) is 23.5 Å². The number of carbonyl (C=O) groups is 2. The van der Waals surface area contributed by atoms with Gasteiger partial charge < -0.3 is 15.7 Å². The van der Waals surface area contributed by atoms with Gasteiger partial charge in [0.05, 0.1) is 6.61 Å². The second kappa shape index (κ2) is 7.75. The molecule has 0 aromatic heterocycles.